The molecule has 0 bridgehead atoms. The zero-order valence-electron chi connectivity index (χ0n) is 8.93. The van der Waals surface area contributed by atoms with Gasteiger partial charge < -0.3 is 15.6 Å². The monoisotopic (exact) mass is 221 g/mol. The van der Waals surface area contributed by atoms with Gasteiger partial charge in [-0.2, -0.15) is 0 Å². The van der Waals surface area contributed by atoms with Crippen LogP contribution in [0.3, 0.4) is 0 Å². The molecule has 0 radical (unpaired) electrons. The minimum absolute atomic E-state index is 0.0266. The standard InChI is InChI=1S/C12H15NO3/c13-12(11(14)15)6-10(7-12)16-8-9-4-2-1-3-5-9/h1-5,10H,6-8,13H2,(H,14,15)/t10-,12+. The lowest BCUT2D eigenvalue weighted by Crippen LogP contribution is -2.60. The van der Waals surface area contributed by atoms with E-state index in [9.17, 15) is 4.79 Å². The minimum atomic E-state index is -1.07. The number of carboxylic acids is 1. The summed E-state index contributed by atoms with van der Waals surface area (Å²) in [5, 5.41) is 8.81. The van der Waals surface area contributed by atoms with E-state index < -0.39 is 11.5 Å². The summed E-state index contributed by atoms with van der Waals surface area (Å²) in [6.45, 7) is 0.515. The Morgan fingerprint density at radius 3 is 2.62 bits per heavy atom. The first-order chi connectivity index (χ1) is 7.60. The van der Waals surface area contributed by atoms with Gasteiger partial charge in [-0.25, -0.2) is 0 Å². The molecular formula is C12H15NO3. The van der Waals surface area contributed by atoms with Crippen LogP contribution >= 0.6 is 0 Å². The average molecular weight is 221 g/mol. The minimum Gasteiger partial charge on any atom is -0.480 e. The first-order valence-electron chi connectivity index (χ1n) is 5.28. The summed E-state index contributed by atoms with van der Waals surface area (Å²) in [7, 11) is 0. The molecule has 0 saturated heterocycles. The van der Waals surface area contributed by atoms with Gasteiger partial charge in [-0.3, -0.25) is 4.79 Å². The van der Waals surface area contributed by atoms with Crippen molar-refractivity contribution in [3.63, 3.8) is 0 Å². The number of aliphatic carboxylic acids is 1. The molecule has 0 spiro atoms. The Labute approximate surface area is 94.0 Å². The Hall–Kier alpha value is -1.39. The largest absolute Gasteiger partial charge is 0.480 e. The van der Waals surface area contributed by atoms with Crippen LogP contribution in [0.1, 0.15) is 18.4 Å². The average Bonchev–Trinajstić information content (AvgIpc) is 2.24. The van der Waals surface area contributed by atoms with Crippen LogP contribution in [0.2, 0.25) is 0 Å². The second kappa shape index (κ2) is 4.23. The van der Waals surface area contributed by atoms with Gasteiger partial charge in [0.15, 0.2) is 0 Å². The van der Waals surface area contributed by atoms with Gasteiger partial charge in [-0.1, -0.05) is 30.3 Å². The highest BCUT2D eigenvalue weighted by Crippen LogP contribution is 2.33. The molecule has 0 atom stereocenters. The molecule has 4 heteroatoms. The molecule has 0 unspecified atom stereocenters. The third kappa shape index (κ3) is 2.23. The number of hydrogen-bond donors (Lipinski definition) is 2. The van der Waals surface area contributed by atoms with E-state index in [1.54, 1.807) is 0 Å². The van der Waals surface area contributed by atoms with Crippen LogP contribution in [-0.4, -0.2) is 22.7 Å². The second-order valence-electron chi connectivity index (χ2n) is 4.29. The van der Waals surface area contributed by atoms with Crippen molar-refractivity contribution in [1.82, 2.24) is 0 Å². The van der Waals surface area contributed by atoms with Crippen LogP contribution in [0.15, 0.2) is 30.3 Å². The Bertz CT molecular complexity index is 371. The van der Waals surface area contributed by atoms with Crippen molar-refractivity contribution in [2.75, 3.05) is 0 Å². The van der Waals surface area contributed by atoms with Crippen LogP contribution in [-0.2, 0) is 16.1 Å². The molecule has 3 N–H and O–H groups in total. The quantitative estimate of drug-likeness (QED) is 0.799. The van der Waals surface area contributed by atoms with Gasteiger partial charge in [-0.15, -0.1) is 0 Å². The van der Waals surface area contributed by atoms with Gasteiger partial charge in [-0.05, 0) is 5.56 Å². The van der Waals surface area contributed by atoms with Gasteiger partial charge in [0.2, 0.25) is 0 Å². The van der Waals surface area contributed by atoms with Gasteiger partial charge in [0.25, 0.3) is 0 Å². The molecular weight excluding hydrogens is 206 g/mol. The highest BCUT2D eigenvalue weighted by Gasteiger charge is 2.47. The lowest BCUT2D eigenvalue weighted by atomic mass is 9.75. The summed E-state index contributed by atoms with van der Waals surface area (Å²) in [5.74, 6) is -0.938. The second-order valence-corrected chi connectivity index (χ2v) is 4.29. The van der Waals surface area contributed by atoms with Gasteiger partial charge >= 0.3 is 5.97 Å². The van der Waals surface area contributed by atoms with E-state index in [-0.39, 0.29) is 6.10 Å². The van der Waals surface area contributed by atoms with E-state index in [4.69, 9.17) is 15.6 Å². The third-order valence-corrected chi connectivity index (χ3v) is 2.94. The number of rotatable bonds is 4. The Balaban J connectivity index is 1.77. The van der Waals surface area contributed by atoms with E-state index in [0.29, 0.717) is 19.4 Å². The molecule has 0 amide bonds. The molecule has 2 rings (SSSR count). The molecule has 86 valence electrons. The number of ether oxygens (including phenoxy) is 1. The number of hydrogen-bond acceptors (Lipinski definition) is 3. The van der Waals surface area contributed by atoms with Crippen LogP contribution < -0.4 is 5.73 Å². The number of nitrogens with two attached hydrogens (primary N) is 1. The Morgan fingerprint density at radius 2 is 2.06 bits per heavy atom. The summed E-state index contributed by atoms with van der Waals surface area (Å²) >= 11 is 0. The Kier molecular flexibility index (Phi) is 2.94. The predicted molar refractivity (Wildman–Crippen MR) is 58.8 cm³/mol. The fraction of sp³-hybridized carbons (Fsp3) is 0.417. The maximum Gasteiger partial charge on any atom is 0.323 e. The maximum atomic E-state index is 10.7. The molecule has 1 aromatic carbocycles. The van der Waals surface area contributed by atoms with E-state index in [0.717, 1.165) is 5.56 Å². The lowest BCUT2D eigenvalue weighted by Gasteiger charge is -2.40. The van der Waals surface area contributed by atoms with Crippen LogP contribution in [0, 0.1) is 0 Å². The van der Waals surface area contributed by atoms with E-state index >= 15 is 0 Å². The summed E-state index contributed by atoms with van der Waals surface area (Å²) in [4.78, 5) is 10.7. The maximum absolute atomic E-state index is 10.7. The zero-order valence-corrected chi connectivity index (χ0v) is 8.93. The number of carbonyl (C=O) groups is 1. The molecule has 1 aliphatic rings. The molecule has 1 saturated carbocycles. The topological polar surface area (TPSA) is 72.6 Å². The molecule has 4 nitrogen and oxygen atoms in total. The van der Waals surface area contributed by atoms with Gasteiger partial charge in [0, 0.05) is 12.8 Å². The van der Waals surface area contributed by atoms with Crippen molar-refractivity contribution < 1.29 is 14.6 Å². The first-order valence-corrected chi connectivity index (χ1v) is 5.28. The molecule has 1 fully saturated rings. The van der Waals surface area contributed by atoms with Crippen molar-refractivity contribution >= 4 is 5.97 Å². The van der Waals surface area contributed by atoms with Crippen molar-refractivity contribution in [1.29, 1.82) is 0 Å². The van der Waals surface area contributed by atoms with Gasteiger partial charge in [0.1, 0.15) is 5.54 Å². The van der Waals surface area contributed by atoms with Crippen molar-refractivity contribution in [3.05, 3.63) is 35.9 Å². The molecule has 1 aromatic rings. The zero-order chi connectivity index (χ0) is 11.6. The number of benzene rings is 1. The summed E-state index contributed by atoms with van der Waals surface area (Å²) < 4.78 is 5.57. The smallest absolute Gasteiger partial charge is 0.323 e. The predicted octanol–water partition coefficient (Wildman–Crippen LogP) is 1.15. The first kappa shape index (κ1) is 11.1. The molecule has 0 heterocycles. The van der Waals surface area contributed by atoms with Gasteiger partial charge in [0.05, 0.1) is 12.7 Å². The molecule has 16 heavy (non-hydrogen) atoms. The summed E-state index contributed by atoms with van der Waals surface area (Å²) in [5.41, 5.74) is 5.65. The molecule has 0 aromatic heterocycles. The number of carboxylic acid groups (broad SMARTS) is 1. The third-order valence-electron chi connectivity index (χ3n) is 2.94. The fourth-order valence-electron chi connectivity index (χ4n) is 1.83. The highest BCUT2D eigenvalue weighted by atomic mass is 16.5. The van der Waals surface area contributed by atoms with Crippen LogP contribution in [0.4, 0.5) is 0 Å². The van der Waals surface area contributed by atoms with Crippen molar-refractivity contribution in [2.45, 2.75) is 31.1 Å². The highest BCUT2D eigenvalue weighted by molar-refractivity contribution is 5.80. The van der Waals surface area contributed by atoms with Crippen molar-refractivity contribution in [2.24, 2.45) is 5.73 Å². The van der Waals surface area contributed by atoms with Crippen molar-refractivity contribution in [3.8, 4) is 0 Å². The molecule has 0 aliphatic heterocycles. The van der Waals surface area contributed by atoms with Crippen LogP contribution in [0.5, 0.6) is 0 Å². The van der Waals surface area contributed by atoms with Crippen LogP contribution in [0.25, 0.3) is 0 Å². The lowest BCUT2D eigenvalue weighted by molar-refractivity contribution is -0.155. The summed E-state index contributed by atoms with van der Waals surface area (Å²) in [6, 6.07) is 9.80. The van der Waals surface area contributed by atoms with E-state index in [1.165, 1.54) is 0 Å². The normalized spacial score (nSPS) is 28.4. The SMILES string of the molecule is N[C@]1(C(=O)O)C[C@H](OCc2ccccc2)C1. The Morgan fingerprint density at radius 1 is 1.44 bits per heavy atom. The molecule has 1 aliphatic carbocycles. The fourth-order valence-corrected chi connectivity index (χ4v) is 1.83. The van der Waals surface area contributed by atoms with E-state index in [1.807, 2.05) is 30.3 Å². The van der Waals surface area contributed by atoms with E-state index in [2.05, 4.69) is 0 Å². The summed E-state index contributed by atoms with van der Waals surface area (Å²) in [6.07, 6.45) is 0.769.